The summed E-state index contributed by atoms with van der Waals surface area (Å²) in [6.45, 7) is 1.05. The van der Waals surface area contributed by atoms with E-state index in [9.17, 15) is 13.6 Å². The zero-order valence-electron chi connectivity index (χ0n) is 13.2. The minimum Gasteiger partial charge on any atom is -0.459 e. The maximum absolute atomic E-state index is 13.9. The third kappa shape index (κ3) is 3.29. The topological polar surface area (TPSA) is 50.8 Å². The standard InChI is InChI=1S/C16H15F2N3O2S/c1-20(2)5-6-21(15(22)12-4-3-7-23-12)16-19-14-11(18)8-10(17)9-13(14)24-16/h3-4,7-9H,5-6H2,1-2H3/p+1. The van der Waals surface area contributed by atoms with Gasteiger partial charge in [-0.05, 0) is 18.2 Å². The van der Waals surface area contributed by atoms with Crippen molar-refractivity contribution in [2.45, 2.75) is 0 Å². The van der Waals surface area contributed by atoms with E-state index in [1.807, 2.05) is 14.1 Å². The Hall–Kier alpha value is -2.32. The van der Waals surface area contributed by atoms with E-state index >= 15 is 0 Å². The number of rotatable bonds is 5. The van der Waals surface area contributed by atoms with E-state index in [4.69, 9.17) is 4.42 Å². The summed E-state index contributed by atoms with van der Waals surface area (Å²) in [4.78, 5) is 19.4. The molecular formula is C16H16F2N3O2S+. The molecule has 0 spiro atoms. The number of furan rings is 1. The molecule has 0 aliphatic carbocycles. The average Bonchev–Trinajstić information content (AvgIpc) is 3.16. The molecule has 3 aromatic rings. The molecule has 0 saturated carbocycles. The first-order chi connectivity index (χ1) is 11.5. The lowest BCUT2D eigenvalue weighted by molar-refractivity contribution is -0.856. The minimum absolute atomic E-state index is 0.0610. The SMILES string of the molecule is C[NH+](C)CCN(C(=O)c1ccco1)c1nc2c(F)cc(F)cc2s1. The fraction of sp³-hybridized carbons (Fsp3) is 0.250. The van der Waals surface area contributed by atoms with Crippen LogP contribution in [-0.2, 0) is 0 Å². The van der Waals surface area contributed by atoms with Crippen LogP contribution < -0.4 is 9.80 Å². The molecule has 8 heteroatoms. The molecule has 1 N–H and O–H groups in total. The van der Waals surface area contributed by atoms with Crippen molar-refractivity contribution >= 4 is 32.6 Å². The van der Waals surface area contributed by atoms with Crippen LogP contribution in [-0.4, -0.2) is 38.1 Å². The fourth-order valence-electron chi connectivity index (χ4n) is 2.21. The number of amides is 1. The molecule has 2 heterocycles. The second kappa shape index (κ2) is 6.66. The Kier molecular flexibility index (Phi) is 4.59. The van der Waals surface area contributed by atoms with E-state index in [1.165, 1.54) is 17.2 Å². The van der Waals surface area contributed by atoms with Gasteiger partial charge in [0.05, 0.1) is 38.1 Å². The molecule has 24 heavy (non-hydrogen) atoms. The summed E-state index contributed by atoms with van der Waals surface area (Å²) < 4.78 is 32.8. The van der Waals surface area contributed by atoms with Gasteiger partial charge < -0.3 is 9.32 Å². The Morgan fingerprint density at radius 1 is 1.38 bits per heavy atom. The number of hydrogen-bond acceptors (Lipinski definition) is 4. The first-order valence-electron chi connectivity index (χ1n) is 7.35. The van der Waals surface area contributed by atoms with E-state index in [2.05, 4.69) is 4.98 Å². The smallest absolute Gasteiger partial charge is 0.295 e. The van der Waals surface area contributed by atoms with Crippen LogP contribution in [0.3, 0.4) is 0 Å². The summed E-state index contributed by atoms with van der Waals surface area (Å²) in [5, 5.41) is 0.317. The van der Waals surface area contributed by atoms with Gasteiger partial charge in [0.25, 0.3) is 5.91 Å². The van der Waals surface area contributed by atoms with Gasteiger partial charge in [0, 0.05) is 6.07 Å². The Bertz CT molecular complexity index is 862. The Labute approximate surface area is 141 Å². The van der Waals surface area contributed by atoms with Gasteiger partial charge in [-0.25, -0.2) is 13.8 Å². The maximum Gasteiger partial charge on any atom is 0.295 e. The molecule has 126 valence electrons. The van der Waals surface area contributed by atoms with Crippen molar-refractivity contribution in [1.82, 2.24) is 4.98 Å². The highest BCUT2D eigenvalue weighted by Crippen LogP contribution is 2.31. The van der Waals surface area contributed by atoms with E-state index in [0.717, 1.165) is 22.3 Å². The number of benzene rings is 1. The number of quaternary nitrogens is 1. The number of thiazole rings is 1. The van der Waals surface area contributed by atoms with Gasteiger partial charge in [-0.2, -0.15) is 0 Å². The average molecular weight is 352 g/mol. The number of nitrogens with one attached hydrogen (secondary N) is 1. The van der Waals surface area contributed by atoms with Crippen molar-refractivity contribution < 1.29 is 22.9 Å². The molecular weight excluding hydrogens is 336 g/mol. The number of halogens is 2. The number of hydrogen-bond donors (Lipinski definition) is 1. The van der Waals surface area contributed by atoms with Crippen LogP contribution in [0.25, 0.3) is 10.2 Å². The Balaban J connectivity index is 2.01. The normalized spacial score (nSPS) is 11.4. The number of nitrogens with zero attached hydrogens (tertiary/aromatic N) is 2. The fourth-order valence-corrected chi connectivity index (χ4v) is 3.24. The van der Waals surface area contributed by atoms with Gasteiger partial charge in [-0.15, -0.1) is 0 Å². The van der Waals surface area contributed by atoms with Crippen molar-refractivity contribution in [3.63, 3.8) is 0 Å². The van der Waals surface area contributed by atoms with E-state index in [1.54, 1.807) is 12.1 Å². The van der Waals surface area contributed by atoms with Crippen LogP contribution in [0.1, 0.15) is 10.6 Å². The summed E-state index contributed by atoms with van der Waals surface area (Å²) in [6.07, 6.45) is 1.41. The third-order valence-electron chi connectivity index (χ3n) is 3.45. The summed E-state index contributed by atoms with van der Waals surface area (Å²) >= 11 is 1.07. The molecule has 0 bridgehead atoms. The minimum atomic E-state index is -0.740. The van der Waals surface area contributed by atoms with Crippen molar-refractivity contribution in [3.05, 3.63) is 47.9 Å². The van der Waals surface area contributed by atoms with Gasteiger partial charge in [0.1, 0.15) is 11.3 Å². The number of aromatic nitrogens is 1. The molecule has 1 aromatic carbocycles. The lowest BCUT2D eigenvalue weighted by atomic mass is 10.3. The lowest BCUT2D eigenvalue weighted by Gasteiger charge is -2.19. The summed E-state index contributed by atoms with van der Waals surface area (Å²) in [5.41, 5.74) is 0.0610. The predicted octanol–water partition coefficient (Wildman–Crippen LogP) is 1.96. The molecule has 0 aliphatic heterocycles. The van der Waals surface area contributed by atoms with Crippen LogP contribution in [0.15, 0.2) is 34.9 Å². The third-order valence-corrected chi connectivity index (χ3v) is 4.47. The Morgan fingerprint density at radius 2 is 2.17 bits per heavy atom. The van der Waals surface area contributed by atoms with Gasteiger partial charge >= 0.3 is 0 Å². The zero-order chi connectivity index (χ0) is 17.3. The van der Waals surface area contributed by atoms with Gasteiger partial charge in [0.15, 0.2) is 16.7 Å². The van der Waals surface area contributed by atoms with Crippen molar-refractivity contribution in [2.24, 2.45) is 0 Å². The number of carbonyl (C=O) groups is 1. The molecule has 2 aromatic heterocycles. The van der Waals surface area contributed by atoms with Crippen molar-refractivity contribution in [1.29, 1.82) is 0 Å². The molecule has 0 atom stereocenters. The molecule has 1 amide bonds. The highest BCUT2D eigenvalue weighted by molar-refractivity contribution is 7.22. The molecule has 0 fully saturated rings. The predicted molar refractivity (Wildman–Crippen MR) is 87.6 cm³/mol. The molecule has 5 nitrogen and oxygen atoms in total. The van der Waals surface area contributed by atoms with E-state index in [-0.39, 0.29) is 17.2 Å². The second-order valence-electron chi connectivity index (χ2n) is 5.62. The molecule has 0 aliphatic rings. The molecule has 0 saturated heterocycles. The zero-order valence-corrected chi connectivity index (χ0v) is 14.0. The van der Waals surface area contributed by atoms with Crippen LogP contribution in [0.5, 0.6) is 0 Å². The molecule has 0 radical (unpaired) electrons. The van der Waals surface area contributed by atoms with Crippen LogP contribution in [0.2, 0.25) is 0 Å². The first-order valence-corrected chi connectivity index (χ1v) is 8.17. The van der Waals surface area contributed by atoms with Crippen LogP contribution in [0.4, 0.5) is 13.9 Å². The molecule has 3 rings (SSSR count). The molecule has 0 unspecified atom stereocenters. The number of likely N-dealkylation sites (N-methyl/N-ethyl adjacent to an activating group) is 1. The first kappa shape index (κ1) is 16.5. The maximum atomic E-state index is 13.9. The number of fused-ring (bicyclic) bond motifs is 1. The Morgan fingerprint density at radius 3 is 2.83 bits per heavy atom. The van der Waals surface area contributed by atoms with Gasteiger partial charge in [0.2, 0.25) is 0 Å². The quantitative estimate of drug-likeness (QED) is 0.764. The van der Waals surface area contributed by atoms with E-state index in [0.29, 0.717) is 22.9 Å². The van der Waals surface area contributed by atoms with Crippen LogP contribution >= 0.6 is 11.3 Å². The monoisotopic (exact) mass is 352 g/mol. The highest BCUT2D eigenvalue weighted by atomic mass is 32.1. The summed E-state index contributed by atoms with van der Waals surface area (Å²) in [6, 6.07) is 5.18. The number of anilines is 1. The van der Waals surface area contributed by atoms with Crippen LogP contribution in [0, 0.1) is 11.6 Å². The largest absolute Gasteiger partial charge is 0.459 e. The number of carbonyl (C=O) groups excluding carboxylic acids is 1. The lowest BCUT2D eigenvalue weighted by Crippen LogP contribution is -3.06. The van der Waals surface area contributed by atoms with Crippen molar-refractivity contribution in [3.8, 4) is 0 Å². The van der Waals surface area contributed by atoms with Crippen molar-refractivity contribution in [2.75, 3.05) is 32.1 Å². The van der Waals surface area contributed by atoms with Gasteiger partial charge in [-0.3, -0.25) is 9.69 Å². The summed E-state index contributed by atoms with van der Waals surface area (Å²) in [5.74, 6) is -1.59. The van der Waals surface area contributed by atoms with Gasteiger partial charge in [-0.1, -0.05) is 11.3 Å². The summed E-state index contributed by atoms with van der Waals surface area (Å²) in [7, 11) is 3.92. The second-order valence-corrected chi connectivity index (χ2v) is 6.63. The highest BCUT2D eigenvalue weighted by Gasteiger charge is 2.24. The van der Waals surface area contributed by atoms with E-state index < -0.39 is 11.6 Å².